The molecule has 0 saturated heterocycles. The van der Waals surface area contributed by atoms with E-state index in [1.165, 1.54) is 18.2 Å². The molecule has 6 nitrogen and oxygen atoms in total. The van der Waals surface area contributed by atoms with Crippen molar-refractivity contribution in [3.05, 3.63) is 42.1 Å². The van der Waals surface area contributed by atoms with Gasteiger partial charge < -0.3 is 20.5 Å². The second-order valence-electron chi connectivity index (χ2n) is 4.25. The quantitative estimate of drug-likeness (QED) is 0.363. The normalized spacial score (nSPS) is 10.6. The SMILES string of the molecule is C=CCNCC(=O)c1ccc(O)c2[nH]c(C(=O)O)cc12. The summed E-state index contributed by atoms with van der Waals surface area (Å²) >= 11 is 0. The highest BCUT2D eigenvalue weighted by Gasteiger charge is 2.16. The van der Waals surface area contributed by atoms with Gasteiger partial charge in [-0.3, -0.25) is 4.79 Å². The Bertz CT molecular complexity index is 688. The number of phenolic OH excluding ortho intramolecular Hbond substituents is 1. The molecule has 0 aliphatic rings. The van der Waals surface area contributed by atoms with Crippen molar-refractivity contribution in [3.8, 4) is 5.75 Å². The minimum Gasteiger partial charge on any atom is -0.506 e. The van der Waals surface area contributed by atoms with Crippen LogP contribution in [0.4, 0.5) is 0 Å². The molecule has 0 amide bonds. The van der Waals surface area contributed by atoms with Gasteiger partial charge in [-0.05, 0) is 18.2 Å². The average molecular weight is 274 g/mol. The van der Waals surface area contributed by atoms with Crippen molar-refractivity contribution in [1.82, 2.24) is 10.3 Å². The molecule has 0 aliphatic carbocycles. The van der Waals surface area contributed by atoms with Crippen LogP contribution in [0.3, 0.4) is 0 Å². The average Bonchev–Trinajstić information content (AvgIpc) is 2.85. The van der Waals surface area contributed by atoms with Crippen molar-refractivity contribution < 1.29 is 19.8 Å². The number of carbonyl (C=O) groups excluding carboxylic acids is 1. The number of aromatic nitrogens is 1. The molecule has 0 aliphatic heterocycles. The van der Waals surface area contributed by atoms with Gasteiger partial charge in [0, 0.05) is 17.5 Å². The largest absolute Gasteiger partial charge is 0.506 e. The number of carboxylic acid groups (broad SMARTS) is 1. The predicted octanol–water partition coefficient (Wildman–Crippen LogP) is 1.53. The van der Waals surface area contributed by atoms with Gasteiger partial charge >= 0.3 is 5.97 Å². The zero-order chi connectivity index (χ0) is 14.7. The summed E-state index contributed by atoms with van der Waals surface area (Å²) in [5, 5.41) is 22.0. The van der Waals surface area contributed by atoms with Gasteiger partial charge in [0.05, 0.1) is 12.1 Å². The molecule has 6 heteroatoms. The summed E-state index contributed by atoms with van der Waals surface area (Å²) in [6.07, 6.45) is 1.64. The number of benzene rings is 1. The van der Waals surface area contributed by atoms with Crippen LogP contribution < -0.4 is 5.32 Å². The van der Waals surface area contributed by atoms with Crippen LogP contribution in [-0.4, -0.2) is 40.0 Å². The molecule has 2 rings (SSSR count). The van der Waals surface area contributed by atoms with Crippen LogP contribution in [0.5, 0.6) is 5.75 Å². The molecule has 1 aromatic carbocycles. The fourth-order valence-electron chi connectivity index (χ4n) is 1.95. The van der Waals surface area contributed by atoms with Crippen LogP contribution in [-0.2, 0) is 0 Å². The molecule has 1 aromatic heterocycles. The highest BCUT2D eigenvalue weighted by Crippen LogP contribution is 2.28. The molecular weight excluding hydrogens is 260 g/mol. The topological polar surface area (TPSA) is 102 Å². The molecule has 4 N–H and O–H groups in total. The highest BCUT2D eigenvalue weighted by atomic mass is 16.4. The number of aromatic hydroxyl groups is 1. The van der Waals surface area contributed by atoms with Gasteiger partial charge in [0.25, 0.3) is 0 Å². The first-order valence-electron chi connectivity index (χ1n) is 5.97. The van der Waals surface area contributed by atoms with Crippen LogP contribution in [0, 0.1) is 0 Å². The summed E-state index contributed by atoms with van der Waals surface area (Å²) in [5.41, 5.74) is 0.532. The summed E-state index contributed by atoms with van der Waals surface area (Å²) in [5.74, 6) is -1.43. The van der Waals surface area contributed by atoms with E-state index in [-0.39, 0.29) is 29.3 Å². The number of Topliss-reactive ketones (excluding diaryl/α,β-unsaturated/α-hetero) is 1. The number of carbonyl (C=O) groups is 2. The summed E-state index contributed by atoms with van der Waals surface area (Å²) in [6, 6.07) is 4.19. The lowest BCUT2D eigenvalue weighted by Crippen LogP contribution is -2.23. The van der Waals surface area contributed by atoms with Crippen LogP contribution in [0.1, 0.15) is 20.8 Å². The highest BCUT2D eigenvalue weighted by molar-refractivity contribution is 6.11. The lowest BCUT2D eigenvalue weighted by Gasteiger charge is -2.04. The van der Waals surface area contributed by atoms with E-state index < -0.39 is 5.97 Å². The van der Waals surface area contributed by atoms with Gasteiger partial charge in [-0.2, -0.15) is 0 Å². The molecule has 0 saturated carbocycles. The number of aromatic amines is 1. The van der Waals surface area contributed by atoms with Crippen molar-refractivity contribution in [2.45, 2.75) is 0 Å². The Morgan fingerprint density at radius 2 is 2.15 bits per heavy atom. The number of hydrogen-bond acceptors (Lipinski definition) is 4. The molecule has 1 heterocycles. The lowest BCUT2D eigenvalue weighted by molar-refractivity contribution is 0.0691. The van der Waals surface area contributed by atoms with E-state index in [0.717, 1.165) is 0 Å². The van der Waals surface area contributed by atoms with Crippen molar-refractivity contribution in [2.75, 3.05) is 13.1 Å². The van der Waals surface area contributed by atoms with Gasteiger partial charge in [-0.1, -0.05) is 6.08 Å². The Balaban J connectivity index is 2.43. The number of phenols is 1. The maximum Gasteiger partial charge on any atom is 0.352 e. The number of aromatic carboxylic acids is 1. The van der Waals surface area contributed by atoms with Gasteiger partial charge in [0.2, 0.25) is 0 Å². The predicted molar refractivity (Wildman–Crippen MR) is 74.3 cm³/mol. The molecule has 0 atom stereocenters. The summed E-state index contributed by atoms with van der Waals surface area (Å²) in [4.78, 5) is 25.6. The fourth-order valence-corrected chi connectivity index (χ4v) is 1.95. The summed E-state index contributed by atoms with van der Waals surface area (Å²) in [7, 11) is 0. The molecule has 0 unspecified atom stereocenters. The molecule has 0 fully saturated rings. The van der Waals surface area contributed by atoms with E-state index in [4.69, 9.17) is 5.11 Å². The number of H-pyrrole nitrogens is 1. The molecule has 20 heavy (non-hydrogen) atoms. The van der Waals surface area contributed by atoms with Gasteiger partial charge in [-0.25, -0.2) is 4.79 Å². The third-order valence-electron chi connectivity index (χ3n) is 2.88. The van der Waals surface area contributed by atoms with Crippen LogP contribution in [0.25, 0.3) is 10.9 Å². The number of ketones is 1. The minimum absolute atomic E-state index is 0.0744. The number of fused-ring (bicyclic) bond motifs is 1. The third kappa shape index (κ3) is 2.55. The van der Waals surface area contributed by atoms with Crippen molar-refractivity contribution in [1.29, 1.82) is 0 Å². The standard InChI is InChI=1S/C14H14N2O4/c1-2-5-15-7-12(18)8-3-4-11(17)13-9(8)6-10(16-13)14(19)20/h2-4,6,15-17H,1,5,7H2,(H,19,20). The molecule has 104 valence electrons. The van der Waals surface area contributed by atoms with Crippen molar-refractivity contribution in [2.24, 2.45) is 0 Å². The maximum absolute atomic E-state index is 12.1. The third-order valence-corrected chi connectivity index (χ3v) is 2.88. The van der Waals surface area contributed by atoms with Crippen molar-refractivity contribution in [3.63, 3.8) is 0 Å². The number of rotatable bonds is 6. The Labute approximate surface area is 114 Å². The first kappa shape index (κ1) is 13.8. The molecule has 0 spiro atoms. The number of hydrogen-bond donors (Lipinski definition) is 4. The fraction of sp³-hybridized carbons (Fsp3) is 0.143. The maximum atomic E-state index is 12.1. The number of carboxylic acids is 1. The second-order valence-corrected chi connectivity index (χ2v) is 4.25. The summed E-state index contributed by atoms with van der Waals surface area (Å²) in [6.45, 7) is 4.15. The monoisotopic (exact) mass is 274 g/mol. The Kier molecular flexibility index (Phi) is 3.86. The van der Waals surface area contributed by atoms with Crippen LogP contribution >= 0.6 is 0 Å². The van der Waals surface area contributed by atoms with E-state index in [0.29, 0.717) is 17.5 Å². The first-order chi connectivity index (χ1) is 9.54. The van der Waals surface area contributed by atoms with E-state index >= 15 is 0 Å². The Morgan fingerprint density at radius 1 is 1.40 bits per heavy atom. The second kappa shape index (κ2) is 5.58. The zero-order valence-electron chi connectivity index (χ0n) is 10.6. The molecular formula is C14H14N2O4. The molecule has 0 bridgehead atoms. The van der Waals surface area contributed by atoms with E-state index in [9.17, 15) is 14.7 Å². The summed E-state index contributed by atoms with van der Waals surface area (Å²) < 4.78 is 0. The first-order valence-corrected chi connectivity index (χ1v) is 5.97. The van der Waals surface area contributed by atoms with Crippen LogP contribution in [0.15, 0.2) is 30.9 Å². The van der Waals surface area contributed by atoms with Crippen molar-refractivity contribution >= 4 is 22.7 Å². The Hall–Kier alpha value is -2.60. The number of nitrogens with one attached hydrogen (secondary N) is 2. The Morgan fingerprint density at radius 3 is 2.80 bits per heavy atom. The van der Waals surface area contributed by atoms with E-state index in [1.54, 1.807) is 6.08 Å². The van der Waals surface area contributed by atoms with Gasteiger partial charge in [0.1, 0.15) is 11.4 Å². The van der Waals surface area contributed by atoms with Crippen LogP contribution in [0.2, 0.25) is 0 Å². The van der Waals surface area contributed by atoms with E-state index in [1.807, 2.05) is 0 Å². The molecule has 2 aromatic rings. The van der Waals surface area contributed by atoms with Gasteiger partial charge in [-0.15, -0.1) is 6.58 Å². The smallest absolute Gasteiger partial charge is 0.352 e. The zero-order valence-corrected chi connectivity index (χ0v) is 10.6. The minimum atomic E-state index is -1.15. The van der Waals surface area contributed by atoms with Gasteiger partial charge in [0.15, 0.2) is 5.78 Å². The van der Waals surface area contributed by atoms with E-state index in [2.05, 4.69) is 16.9 Å². The molecule has 0 radical (unpaired) electrons. The lowest BCUT2D eigenvalue weighted by atomic mass is 10.1.